The number of rotatable bonds is 6. The summed E-state index contributed by atoms with van der Waals surface area (Å²) < 4.78 is 12.6. The van der Waals surface area contributed by atoms with E-state index in [9.17, 15) is 9.59 Å². The standard InChI is InChI=1S/C17H18N2O5/c20-9-13-8-19(17(22)18-16(13)21)15-7-6-14(24-15)11-23-10-12-4-2-1-3-5-12/h1-8,14-15,20H,9-11H2,(H,18,21,22)/t14-,15+/m0/s1. The summed E-state index contributed by atoms with van der Waals surface area (Å²) in [7, 11) is 0. The molecule has 2 N–H and O–H groups in total. The van der Waals surface area contributed by atoms with E-state index in [-0.39, 0.29) is 11.7 Å². The van der Waals surface area contributed by atoms with Crippen molar-refractivity contribution >= 4 is 0 Å². The lowest BCUT2D eigenvalue weighted by Gasteiger charge is -2.16. The molecule has 24 heavy (non-hydrogen) atoms. The van der Waals surface area contributed by atoms with Crippen molar-refractivity contribution in [2.24, 2.45) is 0 Å². The fourth-order valence-electron chi connectivity index (χ4n) is 2.44. The third-order valence-corrected chi connectivity index (χ3v) is 3.68. The van der Waals surface area contributed by atoms with Gasteiger partial charge in [0.25, 0.3) is 5.56 Å². The van der Waals surface area contributed by atoms with Gasteiger partial charge in [0.1, 0.15) is 6.10 Å². The molecule has 3 rings (SSSR count). The van der Waals surface area contributed by atoms with Crippen LogP contribution in [0.5, 0.6) is 0 Å². The SMILES string of the molecule is O=c1[nH]c(=O)n([C@H]2C=C[C@@H](COCc3ccccc3)O2)cc1CO. The van der Waals surface area contributed by atoms with Crippen molar-refractivity contribution in [3.05, 3.63) is 80.6 Å². The van der Waals surface area contributed by atoms with Gasteiger partial charge < -0.3 is 14.6 Å². The molecule has 0 radical (unpaired) electrons. The molecule has 2 aromatic rings. The number of benzene rings is 1. The number of H-pyrrole nitrogens is 1. The molecule has 0 unspecified atom stereocenters. The summed E-state index contributed by atoms with van der Waals surface area (Å²) in [4.78, 5) is 25.5. The first-order valence-electron chi connectivity index (χ1n) is 7.58. The van der Waals surface area contributed by atoms with Gasteiger partial charge >= 0.3 is 5.69 Å². The Labute approximate surface area is 137 Å². The number of hydrogen-bond acceptors (Lipinski definition) is 5. The fraction of sp³-hybridized carbons (Fsp3) is 0.294. The van der Waals surface area contributed by atoms with Crippen LogP contribution < -0.4 is 11.2 Å². The predicted molar refractivity (Wildman–Crippen MR) is 86.4 cm³/mol. The van der Waals surface area contributed by atoms with Gasteiger partial charge in [0.05, 0.1) is 25.4 Å². The molecule has 1 aromatic carbocycles. The average Bonchev–Trinajstić information content (AvgIpc) is 3.04. The molecule has 0 saturated heterocycles. The second kappa shape index (κ2) is 7.39. The van der Waals surface area contributed by atoms with Crippen LogP contribution in [0, 0.1) is 0 Å². The van der Waals surface area contributed by atoms with Crippen LogP contribution in [-0.2, 0) is 22.7 Å². The molecule has 7 heteroatoms. The molecule has 1 aliphatic heterocycles. The molecule has 1 aliphatic rings. The summed E-state index contributed by atoms with van der Waals surface area (Å²) in [6.45, 7) is 0.384. The van der Waals surface area contributed by atoms with Gasteiger partial charge in [0, 0.05) is 6.20 Å². The number of aromatic amines is 1. The van der Waals surface area contributed by atoms with E-state index in [1.165, 1.54) is 10.8 Å². The van der Waals surface area contributed by atoms with Gasteiger partial charge in [-0.25, -0.2) is 4.79 Å². The quantitative estimate of drug-likeness (QED) is 0.761. The molecule has 0 saturated carbocycles. The van der Waals surface area contributed by atoms with Gasteiger partial charge in [-0.3, -0.25) is 14.3 Å². The number of aliphatic hydroxyl groups is 1. The summed E-state index contributed by atoms with van der Waals surface area (Å²) in [5.74, 6) is 0. The Kier molecular flexibility index (Phi) is 5.05. The van der Waals surface area contributed by atoms with Crippen molar-refractivity contribution in [2.45, 2.75) is 25.5 Å². The Bertz CT molecular complexity index is 825. The number of hydrogen-bond donors (Lipinski definition) is 2. The molecule has 126 valence electrons. The molecule has 7 nitrogen and oxygen atoms in total. The molecule has 0 bridgehead atoms. The molecular weight excluding hydrogens is 312 g/mol. The van der Waals surface area contributed by atoms with Gasteiger partial charge in [0.2, 0.25) is 0 Å². The minimum absolute atomic E-state index is 0.107. The smallest absolute Gasteiger partial charge is 0.330 e. The summed E-state index contributed by atoms with van der Waals surface area (Å²) in [6.07, 6.45) is 3.92. The van der Waals surface area contributed by atoms with E-state index < -0.39 is 24.1 Å². The highest BCUT2D eigenvalue weighted by Gasteiger charge is 2.22. The first-order chi connectivity index (χ1) is 11.7. The van der Waals surface area contributed by atoms with E-state index in [2.05, 4.69) is 4.98 Å². The molecular formula is C17H18N2O5. The van der Waals surface area contributed by atoms with Gasteiger partial charge in [-0.05, 0) is 11.6 Å². The highest BCUT2D eigenvalue weighted by molar-refractivity contribution is 5.13. The third-order valence-electron chi connectivity index (χ3n) is 3.68. The number of nitrogens with zero attached hydrogens (tertiary/aromatic N) is 1. The largest absolute Gasteiger partial charge is 0.391 e. The monoisotopic (exact) mass is 330 g/mol. The molecule has 0 spiro atoms. The van der Waals surface area contributed by atoms with E-state index in [1.54, 1.807) is 6.08 Å². The van der Waals surface area contributed by atoms with E-state index in [0.717, 1.165) is 5.56 Å². The molecule has 0 fully saturated rings. The second-order valence-electron chi connectivity index (χ2n) is 5.43. The van der Waals surface area contributed by atoms with Crippen molar-refractivity contribution in [2.75, 3.05) is 6.61 Å². The Morgan fingerprint density at radius 2 is 2.00 bits per heavy atom. The highest BCUT2D eigenvalue weighted by Crippen LogP contribution is 2.20. The minimum Gasteiger partial charge on any atom is -0.391 e. The first kappa shape index (κ1) is 16.4. The maximum absolute atomic E-state index is 11.9. The Morgan fingerprint density at radius 3 is 2.75 bits per heavy atom. The van der Waals surface area contributed by atoms with Crippen LogP contribution in [0.25, 0.3) is 0 Å². The summed E-state index contributed by atoms with van der Waals surface area (Å²) in [5, 5.41) is 9.14. The summed E-state index contributed by atoms with van der Waals surface area (Å²) in [5.41, 5.74) is -0.00276. The number of aliphatic hydroxyl groups excluding tert-OH is 1. The Morgan fingerprint density at radius 1 is 1.21 bits per heavy atom. The second-order valence-corrected chi connectivity index (χ2v) is 5.43. The maximum Gasteiger partial charge on any atom is 0.330 e. The van der Waals surface area contributed by atoms with E-state index >= 15 is 0 Å². The molecule has 1 aromatic heterocycles. The van der Waals surface area contributed by atoms with Crippen LogP contribution >= 0.6 is 0 Å². The van der Waals surface area contributed by atoms with Crippen LogP contribution in [0.15, 0.2) is 58.3 Å². The average molecular weight is 330 g/mol. The Balaban J connectivity index is 1.59. The minimum atomic E-state index is -0.634. The van der Waals surface area contributed by atoms with Crippen molar-refractivity contribution in [1.29, 1.82) is 0 Å². The fourth-order valence-corrected chi connectivity index (χ4v) is 2.44. The van der Waals surface area contributed by atoms with E-state index in [1.807, 2.05) is 36.4 Å². The van der Waals surface area contributed by atoms with Crippen LogP contribution in [0.1, 0.15) is 17.4 Å². The molecule has 2 atom stereocenters. The first-order valence-corrected chi connectivity index (χ1v) is 7.58. The number of nitrogens with one attached hydrogen (secondary N) is 1. The summed E-state index contributed by atoms with van der Waals surface area (Å²) >= 11 is 0. The maximum atomic E-state index is 11.9. The van der Waals surface area contributed by atoms with E-state index in [4.69, 9.17) is 14.6 Å². The van der Waals surface area contributed by atoms with Crippen molar-refractivity contribution < 1.29 is 14.6 Å². The molecule has 2 heterocycles. The summed E-state index contributed by atoms with van der Waals surface area (Å²) in [6, 6.07) is 9.79. The van der Waals surface area contributed by atoms with Crippen LogP contribution in [0.3, 0.4) is 0 Å². The van der Waals surface area contributed by atoms with Crippen LogP contribution in [0.2, 0.25) is 0 Å². The predicted octanol–water partition coefficient (Wildman–Crippen LogP) is 0.699. The van der Waals surface area contributed by atoms with Crippen molar-refractivity contribution in [3.8, 4) is 0 Å². The van der Waals surface area contributed by atoms with Gasteiger partial charge in [0.15, 0.2) is 6.23 Å². The number of aromatic nitrogens is 2. The zero-order chi connectivity index (χ0) is 16.9. The molecule has 0 aliphatic carbocycles. The van der Waals surface area contributed by atoms with Gasteiger partial charge in [-0.1, -0.05) is 36.4 Å². The Hall–Kier alpha value is -2.48. The zero-order valence-corrected chi connectivity index (χ0v) is 12.9. The van der Waals surface area contributed by atoms with E-state index in [0.29, 0.717) is 13.2 Å². The van der Waals surface area contributed by atoms with Crippen molar-refractivity contribution in [3.63, 3.8) is 0 Å². The lowest BCUT2D eigenvalue weighted by Crippen LogP contribution is -2.34. The lowest BCUT2D eigenvalue weighted by atomic mass is 10.2. The van der Waals surface area contributed by atoms with Gasteiger partial charge in [-0.2, -0.15) is 0 Å². The topological polar surface area (TPSA) is 93.6 Å². The van der Waals surface area contributed by atoms with Crippen LogP contribution in [-0.4, -0.2) is 27.4 Å². The van der Waals surface area contributed by atoms with Crippen LogP contribution in [0.4, 0.5) is 0 Å². The van der Waals surface area contributed by atoms with Crippen molar-refractivity contribution in [1.82, 2.24) is 9.55 Å². The number of ether oxygens (including phenoxy) is 2. The zero-order valence-electron chi connectivity index (χ0n) is 12.9. The normalized spacial score (nSPS) is 19.7. The third kappa shape index (κ3) is 3.70. The van der Waals surface area contributed by atoms with Gasteiger partial charge in [-0.15, -0.1) is 0 Å². The lowest BCUT2D eigenvalue weighted by molar-refractivity contribution is -0.0344. The molecule has 0 amide bonds. The highest BCUT2D eigenvalue weighted by atomic mass is 16.5.